The van der Waals surface area contributed by atoms with Crippen LogP contribution in [0.5, 0.6) is 0 Å². The van der Waals surface area contributed by atoms with Crippen molar-refractivity contribution >= 4 is 45.0 Å². The van der Waals surface area contributed by atoms with Gasteiger partial charge in [-0.3, -0.25) is 4.79 Å². The zero-order valence-corrected chi connectivity index (χ0v) is 13.1. The van der Waals surface area contributed by atoms with Gasteiger partial charge < -0.3 is 9.64 Å². The van der Waals surface area contributed by atoms with Gasteiger partial charge in [-0.15, -0.1) is 11.6 Å². The van der Waals surface area contributed by atoms with E-state index in [-0.39, 0.29) is 5.91 Å². The van der Waals surface area contributed by atoms with Crippen molar-refractivity contribution in [2.24, 2.45) is 0 Å². The summed E-state index contributed by atoms with van der Waals surface area (Å²) in [4.78, 5) is 13.9. The molecule has 0 N–H and O–H groups in total. The highest BCUT2D eigenvalue weighted by atomic mass is 79.9. The van der Waals surface area contributed by atoms with E-state index in [1.54, 1.807) is 30.2 Å². The van der Waals surface area contributed by atoms with Crippen LogP contribution < -0.4 is 0 Å². The Balaban J connectivity index is 2.90. The topological polar surface area (TPSA) is 29.5 Å². The normalized spacial score (nSPS) is 10.4. The molecular weight excluding hydrogens is 341 g/mol. The van der Waals surface area contributed by atoms with Crippen molar-refractivity contribution in [3.63, 3.8) is 0 Å². The van der Waals surface area contributed by atoms with Gasteiger partial charge in [-0.2, -0.15) is 0 Å². The number of ether oxygens (including phenoxy) is 1. The van der Waals surface area contributed by atoms with Crippen molar-refractivity contribution in [1.29, 1.82) is 0 Å². The molecule has 18 heavy (non-hydrogen) atoms. The smallest absolute Gasteiger partial charge is 0.255 e. The van der Waals surface area contributed by atoms with Crippen LogP contribution in [0.3, 0.4) is 0 Å². The number of nitrogens with zero attached hydrogens (tertiary/aromatic N) is 1. The highest BCUT2D eigenvalue weighted by molar-refractivity contribution is 9.10. The lowest BCUT2D eigenvalue weighted by atomic mass is 10.2. The number of hydrogen-bond donors (Lipinski definition) is 0. The number of amides is 1. The average molecular weight is 355 g/mol. The predicted octanol–water partition coefficient (Wildman–Crippen LogP) is 3.43. The van der Waals surface area contributed by atoms with E-state index in [2.05, 4.69) is 15.9 Å². The Kier molecular flexibility index (Phi) is 7.00. The predicted molar refractivity (Wildman–Crippen MR) is 77.7 cm³/mol. The fourth-order valence-electron chi connectivity index (χ4n) is 1.45. The van der Waals surface area contributed by atoms with Crippen molar-refractivity contribution < 1.29 is 9.53 Å². The van der Waals surface area contributed by atoms with Gasteiger partial charge in [0.2, 0.25) is 0 Å². The van der Waals surface area contributed by atoms with Crippen LogP contribution in [0.1, 0.15) is 10.4 Å². The van der Waals surface area contributed by atoms with Crippen molar-refractivity contribution in [3.05, 3.63) is 33.3 Å². The van der Waals surface area contributed by atoms with Gasteiger partial charge in [-0.1, -0.05) is 27.5 Å². The molecule has 3 nitrogen and oxygen atoms in total. The van der Waals surface area contributed by atoms with Gasteiger partial charge in [0.25, 0.3) is 5.91 Å². The molecule has 0 fully saturated rings. The third-order valence-corrected chi connectivity index (χ3v) is 3.36. The molecule has 0 aromatic heterocycles. The summed E-state index contributed by atoms with van der Waals surface area (Å²) in [6.07, 6.45) is 0. The molecule has 1 aromatic carbocycles. The van der Waals surface area contributed by atoms with Crippen LogP contribution in [-0.4, -0.2) is 43.5 Å². The second-order valence-corrected chi connectivity index (χ2v) is 5.30. The summed E-state index contributed by atoms with van der Waals surface area (Å²) < 4.78 is 5.79. The minimum atomic E-state index is -0.140. The SMILES string of the molecule is COCCN(CCCl)C(=O)c1cc(Br)ccc1Cl. The molecule has 1 rings (SSSR count). The number of alkyl halides is 1. The Labute approximate surface area is 125 Å². The number of carbonyl (C=O) groups excluding carboxylic acids is 1. The van der Waals surface area contributed by atoms with Crippen molar-refractivity contribution in [2.75, 3.05) is 32.7 Å². The van der Waals surface area contributed by atoms with Gasteiger partial charge in [0, 0.05) is 30.6 Å². The number of rotatable bonds is 6. The van der Waals surface area contributed by atoms with Gasteiger partial charge in [0.1, 0.15) is 0 Å². The van der Waals surface area contributed by atoms with Crippen LogP contribution >= 0.6 is 39.1 Å². The fourth-order valence-corrected chi connectivity index (χ4v) is 2.21. The lowest BCUT2D eigenvalue weighted by molar-refractivity contribution is 0.0708. The van der Waals surface area contributed by atoms with Crippen LogP contribution in [0.2, 0.25) is 5.02 Å². The molecule has 0 aliphatic rings. The molecule has 1 amide bonds. The lowest BCUT2D eigenvalue weighted by Crippen LogP contribution is -2.35. The van der Waals surface area contributed by atoms with Crippen LogP contribution in [0.15, 0.2) is 22.7 Å². The molecule has 1 aromatic rings. The molecule has 0 saturated heterocycles. The largest absolute Gasteiger partial charge is 0.383 e. The first kappa shape index (κ1) is 15.8. The highest BCUT2D eigenvalue weighted by Crippen LogP contribution is 2.22. The van der Waals surface area contributed by atoms with Gasteiger partial charge in [-0.05, 0) is 18.2 Å². The third kappa shape index (κ3) is 4.43. The van der Waals surface area contributed by atoms with Crippen LogP contribution in [0.4, 0.5) is 0 Å². The number of hydrogen-bond acceptors (Lipinski definition) is 2. The van der Waals surface area contributed by atoms with E-state index >= 15 is 0 Å². The van der Waals surface area contributed by atoms with Gasteiger partial charge in [0.15, 0.2) is 0 Å². The molecule has 0 aliphatic heterocycles. The fraction of sp³-hybridized carbons (Fsp3) is 0.417. The van der Waals surface area contributed by atoms with E-state index in [1.165, 1.54) is 0 Å². The summed E-state index contributed by atoms with van der Waals surface area (Å²) in [5.74, 6) is 0.236. The molecule has 0 spiro atoms. The summed E-state index contributed by atoms with van der Waals surface area (Å²) >= 11 is 15.1. The second-order valence-electron chi connectivity index (χ2n) is 3.60. The molecular formula is C12H14BrCl2NO2. The number of carbonyl (C=O) groups is 1. The first-order chi connectivity index (χ1) is 8.60. The molecule has 0 heterocycles. The van der Waals surface area contributed by atoms with E-state index in [4.69, 9.17) is 27.9 Å². The minimum absolute atomic E-state index is 0.140. The molecule has 0 radical (unpaired) electrons. The van der Waals surface area contributed by atoms with Crippen LogP contribution in [0.25, 0.3) is 0 Å². The van der Waals surface area contributed by atoms with E-state index < -0.39 is 0 Å². The maximum absolute atomic E-state index is 12.3. The summed E-state index contributed by atoms with van der Waals surface area (Å²) in [5.41, 5.74) is 0.465. The highest BCUT2D eigenvalue weighted by Gasteiger charge is 2.18. The minimum Gasteiger partial charge on any atom is -0.383 e. The standard InChI is InChI=1S/C12H14BrCl2NO2/c1-18-7-6-16(5-4-14)12(17)10-8-9(13)2-3-11(10)15/h2-3,8H,4-7H2,1H3. The molecule has 0 aliphatic carbocycles. The van der Waals surface area contributed by atoms with Gasteiger partial charge >= 0.3 is 0 Å². The third-order valence-electron chi connectivity index (χ3n) is 2.37. The van der Waals surface area contributed by atoms with E-state index in [1.807, 2.05) is 0 Å². The number of benzene rings is 1. The van der Waals surface area contributed by atoms with Gasteiger partial charge in [0.05, 0.1) is 17.2 Å². The molecule has 6 heteroatoms. The Morgan fingerprint density at radius 1 is 1.44 bits per heavy atom. The van der Waals surface area contributed by atoms with E-state index in [9.17, 15) is 4.79 Å². The monoisotopic (exact) mass is 353 g/mol. The Hall–Kier alpha value is -0.290. The Morgan fingerprint density at radius 3 is 2.78 bits per heavy atom. The summed E-state index contributed by atoms with van der Waals surface area (Å²) in [5, 5.41) is 0.431. The maximum Gasteiger partial charge on any atom is 0.255 e. The lowest BCUT2D eigenvalue weighted by Gasteiger charge is -2.22. The zero-order chi connectivity index (χ0) is 13.5. The Bertz CT molecular complexity index is 415. The van der Waals surface area contributed by atoms with Gasteiger partial charge in [-0.25, -0.2) is 0 Å². The Morgan fingerprint density at radius 2 is 2.17 bits per heavy atom. The molecule has 0 unspecified atom stereocenters. The summed E-state index contributed by atoms with van der Waals surface area (Å²) in [6, 6.07) is 5.19. The molecule has 0 saturated carbocycles. The van der Waals surface area contributed by atoms with Crippen LogP contribution in [-0.2, 0) is 4.74 Å². The van der Waals surface area contributed by atoms with E-state index in [0.717, 1.165) is 4.47 Å². The van der Waals surface area contributed by atoms with Crippen LogP contribution in [0, 0.1) is 0 Å². The summed E-state index contributed by atoms with van der Waals surface area (Å²) in [6.45, 7) is 1.42. The van der Waals surface area contributed by atoms with E-state index in [0.29, 0.717) is 36.2 Å². The molecule has 100 valence electrons. The molecule has 0 bridgehead atoms. The second kappa shape index (κ2) is 8.00. The average Bonchev–Trinajstić information content (AvgIpc) is 2.36. The quantitative estimate of drug-likeness (QED) is 0.732. The van der Waals surface area contributed by atoms with Crippen molar-refractivity contribution in [3.8, 4) is 0 Å². The van der Waals surface area contributed by atoms with Crippen molar-refractivity contribution in [2.45, 2.75) is 0 Å². The van der Waals surface area contributed by atoms with Crippen molar-refractivity contribution in [1.82, 2.24) is 4.90 Å². The number of halogens is 3. The first-order valence-electron chi connectivity index (χ1n) is 5.39. The summed E-state index contributed by atoms with van der Waals surface area (Å²) in [7, 11) is 1.59. The zero-order valence-electron chi connectivity index (χ0n) is 9.96. The first-order valence-corrected chi connectivity index (χ1v) is 7.10. The maximum atomic E-state index is 12.3. The molecule has 0 atom stereocenters. The number of methoxy groups -OCH3 is 1.